The Morgan fingerprint density at radius 1 is 1.04 bits per heavy atom. The highest BCUT2D eigenvalue weighted by Crippen LogP contribution is 2.26. The summed E-state index contributed by atoms with van der Waals surface area (Å²) in [5, 5.41) is 0.780. The molecule has 4 rings (SSSR count). The molecule has 6 nitrogen and oxygen atoms in total. The van der Waals surface area contributed by atoms with Gasteiger partial charge in [-0.1, -0.05) is 23.2 Å². The molecule has 0 saturated heterocycles. The van der Waals surface area contributed by atoms with Gasteiger partial charge in [-0.05, 0) is 36.2 Å². The van der Waals surface area contributed by atoms with Gasteiger partial charge in [0.05, 0.1) is 5.69 Å². The first-order chi connectivity index (χ1) is 12.6. The molecule has 0 radical (unpaired) electrons. The van der Waals surface area contributed by atoms with E-state index in [4.69, 9.17) is 33.9 Å². The summed E-state index contributed by atoms with van der Waals surface area (Å²) in [5.74, 6) is 0.699. The number of rotatable bonds is 3. The van der Waals surface area contributed by atoms with E-state index in [1.54, 1.807) is 0 Å². The quantitative estimate of drug-likeness (QED) is 0.548. The summed E-state index contributed by atoms with van der Waals surface area (Å²) in [5.41, 5.74) is 10.3. The van der Waals surface area contributed by atoms with Crippen LogP contribution in [0.3, 0.4) is 0 Å². The van der Waals surface area contributed by atoms with Gasteiger partial charge in [0.2, 0.25) is 0 Å². The van der Waals surface area contributed by atoms with Crippen LogP contribution < -0.4 is 5.73 Å². The van der Waals surface area contributed by atoms with Crippen LogP contribution in [-0.4, -0.2) is 31.4 Å². The summed E-state index contributed by atoms with van der Waals surface area (Å²) in [6.45, 7) is 2.15. The van der Waals surface area contributed by atoms with E-state index >= 15 is 0 Å². The van der Waals surface area contributed by atoms with Crippen LogP contribution in [0, 0.1) is 0 Å². The lowest BCUT2D eigenvalue weighted by molar-refractivity contribution is 0.241. The maximum absolute atomic E-state index is 6.17. The first kappa shape index (κ1) is 17.1. The number of benzene rings is 1. The van der Waals surface area contributed by atoms with Gasteiger partial charge in [-0.3, -0.25) is 4.90 Å². The second kappa shape index (κ2) is 7.15. The van der Waals surface area contributed by atoms with E-state index in [1.807, 2.05) is 30.5 Å². The molecule has 0 saturated carbocycles. The molecule has 0 unspecified atom stereocenters. The number of nitrogens with zero attached hydrogens (tertiary/aromatic N) is 5. The van der Waals surface area contributed by atoms with Crippen LogP contribution in [-0.2, 0) is 19.5 Å². The molecule has 0 fully saturated rings. The third kappa shape index (κ3) is 3.49. The Balaban J connectivity index is 1.58. The van der Waals surface area contributed by atoms with Crippen molar-refractivity contribution in [2.24, 2.45) is 0 Å². The number of hydrogen-bond donors (Lipinski definition) is 1. The fourth-order valence-electron chi connectivity index (χ4n) is 2.99. The van der Waals surface area contributed by atoms with Gasteiger partial charge >= 0.3 is 0 Å². The van der Waals surface area contributed by atoms with Gasteiger partial charge in [-0.2, -0.15) is 0 Å². The predicted molar refractivity (Wildman–Crippen MR) is 102 cm³/mol. The van der Waals surface area contributed by atoms with Crippen molar-refractivity contribution < 1.29 is 0 Å². The zero-order valence-corrected chi connectivity index (χ0v) is 15.4. The summed E-state index contributed by atoms with van der Waals surface area (Å²) in [4.78, 5) is 19.5. The number of hydrogen-bond acceptors (Lipinski definition) is 6. The minimum Gasteiger partial charge on any atom is -0.399 e. The molecule has 8 heteroatoms. The van der Waals surface area contributed by atoms with E-state index < -0.39 is 0 Å². The van der Waals surface area contributed by atoms with Crippen molar-refractivity contribution >= 4 is 28.9 Å². The molecule has 1 aliphatic heterocycles. The predicted octanol–water partition coefficient (Wildman–Crippen LogP) is 3.38. The minimum absolute atomic E-state index is 0.390. The maximum Gasteiger partial charge on any atom is 0.159 e. The standard InChI is InChI=1S/C18H16Cl2N6/c19-16-14(17(20)24-10-23-16)8-26-6-5-12-7-22-18(25-15(12)9-26)11-1-3-13(21)4-2-11/h1-4,7,10H,5-6,8-9,21H2. The van der Waals surface area contributed by atoms with E-state index in [9.17, 15) is 0 Å². The average Bonchev–Trinajstić information content (AvgIpc) is 2.65. The molecular weight excluding hydrogens is 371 g/mol. The van der Waals surface area contributed by atoms with Crippen molar-refractivity contribution in [1.29, 1.82) is 0 Å². The van der Waals surface area contributed by atoms with Crippen molar-refractivity contribution in [3.8, 4) is 11.4 Å². The van der Waals surface area contributed by atoms with Gasteiger partial charge in [0.25, 0.3) is 0 Å². The first-order valence-electron chi connectivity index (χ1n) is 8.18. The molecule has 2 aromatic heterocycles. The Morgan fingerprint density at radius 2 is 1.77 bits per heavy atom. The van der Waals surface area contributed by atoms with Crippen molar-refractivity contribution in [1.82, 2.24) is 24.8 Å². The van der Waals surface area contributed by atoms with Gasteiger partial charge < -0.3 is 5.73 Å². The molecule has 0 atom stereocenters. The highest BCUT2D eigenvalue weighted by atomic mass is 35.5. The zero-order valence-electron chi connectivity index (χ0n) is 13.9. The van der Waals surface area contributed by atoms with Crippen LogP contribution in [0.5, 0.6) is 0 Å². The fourth-order valence-corrected chi connectivity index (χ4v) is 3.42. The number of aromatic nitrogens is 4. The minimum atomic E-state index is 0.390. The van der Waals surface area contributed by atoms with Crippen LogP contribution in [0.1, 0.15) is 16.8 Å². The van der Waals surface area contributed by atoms with Crippen LogP contribution in [0.2, 0.25) is 10.3 Å². The fraction of sp³-hybridized carbons (Fsp3) is 0.222. The molecule has 2 N–H and O–H groups in total. The summed E-state index contributed by atoms with van der Waals surface area (Å²) in [7, 11) is 0. The van der Waals surface area contributed by atoms with Crippen molar-refractivity contribution in [2.75, 3.05) is 12.3 Å². The lowest BCUT2D eigenvalue weighted by Gasteiger charge is -2.28. The Labute approximate surface area is 161 Å². The Morgan fingerprint density at radius 3 is 2.50 bits per heavy atom. The lowest BCUT2D eigenvalue weighted by Crippen LogP contribution is -2.31. The van der Waals surface area contributed by atoms with Crippen LogP contribution in [0.4, 0.5) is 5.69 Å². The molecule has 0 amide bonds. The third-order valence-electron chi connectivity index (χ3n) is 4.42. The van der Waals surface area contributed by atoms with Gasteiger partial charge in [0.1, 0.15) is 16.6 Å². The summed E-state index contributed by atoms with van der Waals surface area (Å²) >= 11 is 12.3. The van der Waals surface area contributed by atoms with Gasteiger partial charge in [0.15, 0.2) is 5.82 Å². The molecular formula is C18H16Cl2N6. The Kier molecular flexibility index (Phi) is 4.72. The topological polar surface area (TPSA) is 80.8 Å². The molecule has 26 heavy (non-hydrogen) atoms. The summed E-state index contributed by atoms with van der Waals surface area (Å²) in [6, 6.07) is 7.56. The molecule has 1 aliphatic rings. The second-order valence-corrected chi connectivity index (χ2v) is 6.90. The Hall–Kier alpha value is -2.28. The average molecular weight is 387 g/mol. The van der Waals surface area contributed by atoms with Crippen LogP contribution in [0.25, 0.3) is 11.4 Å². The maximum atomic E-state index is 6.17. The number of halogens is 2. The molecule has 3 heterocycles. The molecule has 1 aromatic carbocycles. The van der Waals surface area contributed by atoms with Gasteiger partial charge in [-0.25, -0.2) is 19.9 Å². The van der Waals surface area contributed by atoms with Crippen molar-refractivity contribution in [3.05, 3.63) is 63.9 Å². The zero-order chi connectivity index (χ0) is 18.1. The second-order valence-electron chi connectivity index (χ2n) is 6.18. The van der Waals surface area contributed by atoms with Gasteiger partial charge in [0, 0.05) is 42.6 Å². The first-order valence-corrected chi connectivity index (χ1v) is 8.93. The van der Waals surface area contributed by atoms with E-state index in [0.717, 1.165) is 35.5 Å². The van der Waals surface area contributed by atoms with E-state index in [0.29, 0.717) is 29.2 Å². The van der Waals surface area contributed by atoms with Crippen LogP contribution in [0.15, 0.2) is 36.8 Å². The molecule has 3 aromatic rings. The number of nitrogens with two attached hydrogens (primary N) is 1. The monoisotopic (exact) mass is 386 g/mol. The number of nitrogen functional groups attached to an aromatic ring is 1. The van der Waals surface area contributed by atoms with Crippen LogP contribution >= 0.6 is 23.2 Å². The van der Waals surface area contributed by atoms with E-state index in [1.165, 1.54) is 11.9 Å². The largest absolute Gasteiger partial charge is 0.399 e. The highest BCUT2D eigenvalue weighted by molar-refractivity contribution is 6.34. The lowest BCUT2D eigenvalue weighted by atomic mass is 10.1. The highest BCUT2D eigenvalue weighted by Gasteiger charge is 2.21. The molecule has 0 spiro atoms. The number of fused-ring (bicyclic) bond motifs is 1. The SMILES string of the molecule is Nc1ccc(-c2ncc3c(n2)CN(Cc2c(Cl)ncnc2Cl)CC3)cc1. The molecule has 0 bridgehead atoms. The van der Waals surface area contributed by atoms with Crippen molar-refractivity contribution in [3.63, 3.8) is 0 Å². The van der Waals surface area contributed by atoms with Gasteiger partial charge in [-0.15, -0.1) is 0 Å². The van der Waals surface area contributed by atoms with E-state index in [-0.39, 0.29) is 0 Å². The third-order valence-corrected chi connectivity index (χ3v) is 5.07. The molecule has 132 valence electrons. The Bertz CT molecular complexity index is 925. The van der Waals surface area contributed by atoms with Crippen molar-refractivity contribution in [2.45, 2.75) is 19.5 Å². The van der Waals surface area contributed by atoms with E-state index in [2.05, 4.69) is 19.9 Å². The summed E-state index contributed by atoms with van der Waals surface area (Å²) < 4.78 is 0. The molecule has 0 aliphatic carbocycles. The smallest absolute Gasteiger partial charge is 0.159 e. The summed E-state index contributed by atoms with van der Waals surface area (Å²) in [6.07, 6.45) is 4.16. The normalized spacial score (nSPS) is 14.2. The number of anilines is 1.